The number of sulfone groups is 1. The zero-order chi connectivity index (χ0) is 15.9. The monoisotopic (exact) mass is 321 g/mol. The van der Waals surface area contributed by atoms with Gasteiger partial charge >= 0.3 is 0 Å². The molecule has 1 fully saturated rings. The lowest BCUT2D eigenvalue weighted by molar-refractivity contribution is -0.135. The van der Waals surface area contributed by atoms with Crippen LogP contribution >= 0.6 is 0 Å². The first kappa shape index (κ1) is 15.1. The van der Waals surface area contributed by atoms with Gasteiger partial charge in [0, 0.05) is 12.4 Å². The van der Waals surface area contributed by atoms with Crippen LogP contribution in [0.15, 0.2) is 34.7 Å². The third-order valence-electron chi connectivity index (χ3n) is 4.37. The Labute approximate surface area is 129 Å². The maximum atomic E-state index is 12.5. The molecule has 5 nitrogen and oxygen atoms in total. The highest BCUT2D eigenvalue weighted by molar-refractivity contribution is 7.91. The van der Waals surface area contributed by atoms with Crippen LogP contribution in [-0.4, -0.2) is 37.8 Å². The van der Waals surface area contributed by atoms with E-state index in [-0.39, 0.29) is 23.5 Å². The Hall–Kier alpha value is -1.82. The van der Waals surface area contributed by atoms with E-state index in [0.717, 1.165) is 11.0 Å². The summed E-state index contributed by atoms with van der Waals surface area (Å²) in [6.45, 7) is 1.89. The third kappa shape index (κ3) is 2.75. The molecule has 1 saturated heterocycles. The average molecular weight is 321 g/mol. The van der Waals surface area contributed by atoms with Crippen LogP contribution in [0.2, 0.25) is 0 Å². The molecule has 0 aliphatic carbocycles. The van der Waals surface area contributed by atoms with Crippen LogP contribution in [0.1, 0.15) is 25.1 Å². The van der Waals surface area contributed by atoms with Crippen LogP contribution in [0.25, 0.3) is 11.0 Å². The Balaban J connectivity index is 1.79. The van der Waals surface area contributed by atoms with Crippen LogP contribution in [0.4, 0.5) is 0 Å². The van der Waals surface area contributed by atoms with Crippen LogP contribution in [0, 0.1) is 5.92 Å². The van der Waals surface area contributed by atoms with E-state index in [0.29, 0.717) is 12.2 Å². The van der Waals surface area contributed by atoms with Crippen molar-refractivity contribution >= 4 is 26.7 Å². The number of benzene rings is 1. The lowest BCUT2D eigenvalue weighted by Gasteiger charge is -2.25. The fourth-order valence-electron chi connectivity index (χ4n) is 2.87. The van der Waals surface area contributed by atoms with Gasteiger partial charge in [0.1, 0.15) is 11.3 Å². The summed E-state index contributed by atoms with van der Waals surface area (Å²) in [6.07, 6.45) is 0.415. The number of furan rings is 1. The highest BCUT2D eigenvalue weighted by atomic mass is 32.2. The SMILES string of the molecule is C[C@H](c1cc2ccccc2o1)N(C)C(=O)[C@H]1CCS(=O)(=O)C1. The van der Waals surface area contributed by atoms with E-state index in [2.05, 4.69) is 0 Å². The van der Waals surface area contributed by atoms with Gasteiger partial charge in [-0.2, -0.15) is 0 Å². The molecule has 0 bridgehead atoms. The second-order valence-electron chi connectivity index (χ2n) is 5.91. The first-order chi connectivity index (χ1) is 10.4. The summed E-state index contributed by atoms with van der Waals surface area (Å²) >= 11 is 0. The number of para-hydroxylation sites is 1. The smallest absolute Gasteiger partial charge is 0.227 e. The van der Waals surface area contributed by atoms with Gasteiger partial charge in [-0.25, -0.2) is 8.42 Å². The molecule has 3 rings (SSSR count). The van der Waals surface area contributed by atoms with Crippen molar-refractivity contribution in [1.29, 1.82) is 0 Å². The topological polar surface area (TPSA) is 67.6 Å². The number of nitrogens with zero attached hydrogens (tertiary/aromatic N) is 1. The number of carbonyl (C=O) groups is 1. The number of hydrogen-bond acceptors (Lipinski definition) is 4. The first-order valence-electron chi connectivity index (χ1n) is 7.33. The van der Waals surface area contributed by atoms with Gasteiger partial charge in [0.15, 0.2) is 9.84 Å². The van der Waals surface area contributed by atoms with Crippen LogP contribution in [0.5, 0.6) is 0 Å². The average Bonchev–Trinajstić information content (AvgIpc) is 3.07. The number of fused-ring (bicyclic) bond motifs is 1. The Morgan fingerprint density at radius 1 is 1.36 bits per heavy atom. The van der Waals surface area contributed by atoms with E-state index in [1.165, 1.54) is 0 Å². The third-order valence-corrected chi connectivity index (χ3v) is 6.13. The first-order valence-corrected chi connectivity index (χ1v) is 9.15. The molecule has 22 heavy (non-hydrogen) atoms. The predicted octanol–water partition coefficient (Wildman–Crippen LogP) is 2.39. The molecule has 1 aromatic carbocycles. The Bertz CT molecular complexity index is 775. The second kappa shape index (κ2) is 5.43. The van der Waals surface area contributed by atoms with Gasteiger partial charge in [0.05, 0.1) is 23.5 Å². The summed E-state index contributed by atoms with van der Waals surface area (Å²) < 4.78 is 28.9. The Morgan fingerprint density at radius 3 is 2.73 bits per heavy atom. The van der Waals surface area contributed by atoms with E-state index in [9.17, 15) is 13.2 Å². The van der Waals surface area contributed by atoms with Crippen molar-refractivity contribution in [3.63, 3.8) is 0 Å². The number of hydrogen-bond donors (Lipinski definition) is 0. The quantitative estimate of drug-likeness (QED) is 0.870. The van der Waals surface area contributed by atoms with Gasteiger partial charge < -0.3 is 9.32 Å². The van der Waals surface area contributed by atoms with Gasteiger partial charge in [-0.3, -0.25) is 4.79 Å². The van der Waals surface area contributed by atoms with E-state index in [1.54, 1.807) is 11.9 Å². The molecule has 0 unspecified atom stereocenters. The molecule has 0 radical (unpaired) electrons. The summed E-state index contributed by atoms with van der Waals surface area (Å²) in [5.74, 6) is 0.216. The van der Waals surface area contributed by atoms with Crippen molar-refractivity contribution < 1.29 is 17.6 Å². The van der Waals surface area contributed by atoms with Gasteiger partial charge in [0.25, 0.3) is 0 Å². The van der Waals surface area contributed by atoms with Gasteiger partial charge in [0.2, 0.25) is 5.91 Å². The molecule has 1 aliphatic heterocycles. The van der Waals surface area contributed by atoms with Gasteiger partial charge in [-0.1, -0.05) is 18.2 Å². The minimum absolute atomic E-state index is 0.0387. The van der Waals surface area contributed by atoms with Crippen molar-refractivity contribution in [2.75, 3.05) is 18.6 Å². The zero-order valence-electron chi connectivity index (χ0n) is 12.7. The predicted molar refractivity (Wildman–Crippen MR) is 84.2 cm³/mol. The molecule has 2 atom stereocenters. The highest BCUT2D eigenvalue weighted by Crippen LogP contribution is 2.29. The standard InChI is InChI=1S/C16H19NO4S/c1-11(15-9-12-5-3-4-6-14(12)21-15)17(2)16(18)13-7-8-22(19,20)10-13/h3-6,9,11,13H,7-8,10H2,1-2H3/t11-,13+/m1/s1. The van der Waals surface area contributed by atoms with Crippen molar-refractivity contribution in [2.45, 2.75) is 19.4 Å². The molecule has 1 aromatic heterocycles. The van der Waals surface area contributed by atoms with Gasteiger partial charge in [-0.05, 0) is 25.5 Å². The van der Waals surface area contributed by atoms with E-state index in [1.807, 2.05) is 37.3 Å². The normalized spacial score (nSPS) is 21.8. The van der Waals surface area contributed by atoms with Crippen molar-refractivity contribution in [3.8, 4) is 0 Å². The maximum Gasteiger partial charge on any atom is 0.227 e. The molecule has 0 N–H and O–H groups in total. The summed E-state index contributed by atoms with van der Waals surface area (Å²) in [5, 5.41) is 0.994. The summed E-state index contributed by atoms with van der Waals surface area (Å²) in [6, 6.07) is 9.37. The molecule has 1 aliphatic rings. The van der Waals surface area contributed by atoms with E-state index in [4.69, 9.17) is 4.42 Å². The van der Waals surface area contributed by atoms with E-state index >= 15 is 0 Å². The molecule has 118 valence electrons. The van der Waals surface area contributed by atoms with Crippen molar-refractivity contribution in [3.05, 3.63) is 36.1 Å². The minimum atomic E-state index is -3.06. The fraction of sp³-hybridized carbons (Fsp3) is 0.438. The zero-order valence-corrected chi connectivity index (χ0v) is 13.5. The molecule has 2 heterocycles. The highest BCUT2D eigenvalue weighted by Gasteiger charge is 2.36. The lowest BCUT2D eigenvalue weighted by atomic mass is 10.1. The molecular formula is C16H19NO4S. The molecule has 1 amide bonds. The van der Waals surface area contributed by atoms with Gasteiger partial charge in [-0.15, -0.1) is 0 Å². The second-order valence-corrected chi connectivity index (χ2v) is 8.14. The van der Waals surface area contributed by atoms with Crippen LogP contribution < -0.4 is 0 Å². The molecular weight excluding hydrogens is 302 g/mol. The number of rotatable bonds is 3. The lowest BCUT2D eigenvalue weighted by Crippen LogP contribution is -2.35. The van der Waals surface area contributed by atoms with Crippen molar-refractivity contribution in [2.24, 2.45) is 5.92 Å². The van der Waals surface area contributed by atoms with Crippen molar-refractivity contribution in [1.82, 2.24) is 4.90 Å². The van der Waals surface area contributed by atoms with Crippen LogP contribution in [0.3, 0.4) is 0 Å². The largest absolute Gasteiger partial charge is 0.459 e. The Morgan fingerprint density at radius 2 is 2.09 bits per heavy atom. The molecule has 0 saturated carbocycles. The fourth-order valence-corrected chi connectivity index (χ4v) is 4.60. The Kier molecular flexibility index (Phi) is 3.72. The maximum absolute atomic E-state index is 12.5. The number of amides is 1. The summed E-state index contributed by atoms with van der Waals surface area (Å²) in [5.41, 5.74) is 0.786. The summed E-state index contributed by atoms with van der Waals surface area (Å²) in [4.78, 5) is 14.1. The minimum Gasteiger partial charge on any atom is -0.459 e. The van der Waals surface area contributed by atoms with Crippen LogP contribution in [-0.2, 0) is 14.6 Å². The molecule has 6 heteroatoms. The number of carbonyl (C=O) groups excluding carboxylic acids is 1. The van der Waals surface area contributed by atoms with E-state index < -0.39 is 15.8 Å². The molecule has 2 aromatic rings. The summed E-state index contributed by atoms with van der Waals surface area (Å²) in [7, 11) is -1.36. The molecule has 0 spiro atoms.